The van der Waals surface area contributed by atoms with Gasteiger partial charge in [-0.15, -0.1) is 0 Å². The third-order valence-electron chi connectivity index (χ3n) is 8.88. The van der Waals surface area contributed by atoms with Crippen LogP contribution in [-0.4, -0.2) is 41.6 Å². The molecule has 186 valence electrons. The van der Waals surface area contributed by atoms with E-state index in [2.05, 4.69) is 0 Å². The van der Waals surface area contributed by atoms with Crippen molar-refractivity contribution in [3.63, 3.8) is 0 Å². The molecule has 2 aliphatic carbocycles. The molecule has 0 aromatic carbocycles. The Bertz CT molecular complexity index is 1220. The molecule has 0 unspecified atom stereocenters. The van der Waals surface area contributed by atoms with Crippen LogP contribution in [0.15, 0.2) is 58.1 Å². The number of carbonyl (C=O) groups is 3. The predicted molar refractivity (Wildman–Crippen MR) is 122 cm³/mol. The Labute approximate surface area is 203 Å². The third kappa shape index (κ3) is 2.86. The molecular weight excluding hydrogens is 452 g/mol. The first-order valence-electron chi connectivity index (χ1n) is 11.7. The van der Waals surface area contributed by atoms with Crippen molar-refractivity contribution in [3.05, 3.63) is 59.3 Å². The van der Waals surface area contributed by atoms with Crippen LogP contribution in [0.25, 0.3) is 0 Å². The average Bonchev–Trinajstić information content (AvgIpc) is 3.40. The van der Waals surface area contributed by atoms with Crippen LogP contribution < -0.4 is 0 Å². The number of carbonyl (C=O) groups excluding carboxylic acids is 3. The topological polar surface area (TPSA) is 112 Å². The standard InChI is InChI=1S/C27H30O8/c1-24(2)15(10-21(30)32-6)25(3)16-9-19(29)26(4)17(27(16,5)35-20(25)12-18(24)28)11-22(31)34-23(26)14-7-8-33-13-14/h7-9,11-13,15,19,23,29H,10H2,1-6H3/t15-,19-,23-,25-,26-,27-/m0/s1. The summed E-state index contributed by atoms with van der Waals surface area (Å²) in [4.78, 5) is 38.4. The number of hydrogen-bond donors (Lipinski definition) is 1. The van der Waals surface area contributed by atoms with Gasteiger partial charge in [-0.25, -0.2) is 4.79 Å². The minimum Gasteiger partial charge on any atom is -0.482 e. The Morgan fingerprint density at radius 3 is 2.46 bits per heavy atom. The van der Waals surface area contributed by atoms with Gasteiger partial charge in [-0.2, -0.15) is 0 Å². The van der Waals surface area contributed by atoms with Crippen molar-refractivity contribution < 1.29 is 38.1 Å². The predicted octanol–water partition coefficient (Wildman–Crippen LogP) is 3.58. The zero-order valence-electron chi connectivity index (χ0n) is 20.7. The zero-order chi connectivity index (χ0) is 25.6. The summed E-state index contributed by atoms with van der Waals surface area (Å²) in [6, 6.07) is 1.70. The first kappa shape index (κ1) is 23.6. The molecule has 8 nitrogen and oxygen atoms in total. The fourth-order valence-corrected chi connectivity index (χ4v) is 6.81. The Morgan fingerprint density at radius 2 is 1.83 bits per heavy atom. The summed E-state index contributed by atoms with van der Waals surface area (Å²) >= 11 is 0. The maximum Gasteiger partial charge on any atom is 0.331 e. The van der Waals surface area contributed by atoms with Crippen LogP contribution in [0.2, 0.25) is 0 Å². The van der Waals surface area contributed by atoms with Crippen molar-refractivity contribution in [2.75, 3.05) is 7.11 Å². The highest BCUT2D eigenvalue weighted by atomic mass is 16.6. The molecule has 0 spiro atoms. The first-order valence-corrected chi connectivity index (χ1v) is 11.7. The van der Waals surface area contributed by atoms with Gasteiger partial charge in [0, 0.05) is 23.1 Å². The van der Waals surface area contributed by atoms with Crippen molar-refractivity contribution >= 4 is 17.7 Å². The largest absolute Gasteiger partial charge is 0.482 e. The molecule has 6 atom stereocenters. The number of aliphatic hydroxyl groups is 1. The van der Waals surface area contributed by atoms with E-state index in [4.69, 9.17) is 18.6 Å². The van der Waals surface area contributed by atoms with Crippen molar-refractivity contribution in [2.24, 2.45) is 22.2 Å². The lowest BCUT2D eigenvalue weighted by Gasteiger charge is -2.53. The molecule has 0 amide bonds. The van der Waals surface area contributed by atoms with E-state index in [9.17, 15) is 19.5 Å². The number of methoxy groups -OCH3 is 1. The minimum absolute atomic E-state index is 0.00798. The van der Waals surface area contributed by atoms with E-state index in [0.717, 1.165) is 0 Å². The van der Waals surface area contributed by atoms with Gasteiger partial charge in [0.2, 0.25) is 0 Å². The van der Waals surface area contributed by atoms with E-state index in [-0.39, 0.29) is 12.2 Å². The van der Waals surface area contributed by atoms with Crippen molar-refractivity contribution in [3.8, 4) is 0 Å². The van der Waals surface area contributed by atoms with Gasteiger partial charge in [0.25, 0.3) is 0 Å². The zero-order valence-corrected chi connectivity index (χ0v) is 20.7. The molecule has 0 bridgehead atoms. The van der Waals surface area contributed by atoms with Crippen LogP contribution >= 0.6 is 0 Å². The smallest absolute Gasteiger partial charge is 0.331 e. The molecule has 1 saturated heterocycles. The molecule has 35 heavy (non-hydrogen) atoms. The van der Waals surface area contributed by atoms with Crippen LogP contribution in [0, 0.1) is 22.2 Å². The lowest BCUT2D eigenvalue weighted by atomic mass is 9.50. The molecule has 2 aliphatic heterocycles. The first-order chi connectivity index (χ1) is 16.3. The lowest BCUT2D eigenvalue weighted by molar-refractivity contribution is -0.159. The number of allylic oxidation sites excluding steroid dienone is 2. The van der Waals surface area contributed by atoms with E-state index in [1.54, 1.807) is 12.1 Å². The number of cyclic esters (lactones) is 1. The highest BCUT2D eigenvalue weighted by Crippen LogP contribution is 2.69. The number of ether oxygens (including phenoxy) is 3. The Hall–Kier alpha value is -3.13. The van der Waals surface area contributed by atoms with Crippen LogP contribution in [-0.2, 0) is 28.6 Å². The summed E-state index contributed by atoms with van der Waals surface area (Å²) in [6.07, 6.45) is 5.74. The van der Waals surface area contributed by atoms with Crippen LogP contribution in [0.3, 0.4) is 0 Å². The van der Waals surface area contributed by atoms with Gasteiger partial charge in [0.05, 0.1) is 43.0 Å². The molecule has 0 saturated carbocycles. The number of aliphatic hydroxyl groups excluding tert-OH is 1. The number of ketones is 1. The van der Waals surface area contributed by atoms with E-state index in [0.29, 0.717) is 22.5 Å². The second-order valence-corrected chi connectivity index (χ2v) is 11.0. The number of rotatable bonds is 3. The Kier molecular flexibility index (Phi) is 4.85. The maximum absolute atomic E-state index is 13.2. The Morgan fingerprint density at radius 1 is 1.11 bits per heavy atom. The minimum atomic E-state index is -1.15. The number of fused-ring (bicyclic) bond motifs is 5. The van der Waals surface area contributed by atoms with E-state index in [1.165, 1.54) is 31.8 Å². The van der Waals surface area contributed by atoms with Crippen molar-refractivity contribution in [1.82, 2.24) is 0 Å². The molecule has 3 heterocycles. The van der Waals surface area contributed by atoms with E-state index < -0.39 is 51.9 Å². The molecule has 0 radical (unpaired) electrons. The van der Waals surface area contributed by atoms with Crippen molar-refractivity contribution in [1.29, 1.82) is 0 Å². The van der Waals surface area contributed by atoms with Gasteiger partial charge in [-0.3, -0.25) is 9.59 Å². The molecular formula is C27H30O8. The normalized spacial score (nSPS) is 39.2. The molecule has 1 aromatic heterocycles. The summed E-state index contributed by atoms with van der Waals surface area (Å²) in [5.74, 6) is -1.23. The SMILES string of the molecule is COC(=O)C[C@H]1C(C)(C)C(=O)C=C2O[C@@]3(C)C(=C[C@H](O)[C@]4(C)C3=CC(=O)O[C@H]4c3ccoc3)[C@@]21C. The number of esters is 2. The van der Waals surface area contributed by atoms with Crippen LogP contribution in [0.4, 0.5) is 0 Å². The number of furan rings is 1. The number of hydrogen-bond acceptors (Lipinski definition) is 8. The van der Waals surface area contributed by atoms with Gasteiger partial charge in [-0.1, -0.05) is 19.9 Å². The Balaban J connectivity index is 1.73. The molecule has 5 rings (SSSR count). The second-order valence-electron chi connectivity index (χ2n) is 11.0. The van der Waals surface area contributed by atoms with E-state index in [1.807, 2.05) is 34.6 Å². The van der Waals surface area contributed by atoms with Crippen molar-refractivity contribution in [2.45, 2.75) is 58.8 Å². The van der Waals surface area contributed by atoms with Gasteiger partial charge in [0.15, 0.2) is 11.4 Å². The molecule has 1 aromatic rings. The third-order valence-corrected chi connectivity index (χ3v) is 8.88. The second kappa shape index (κ2) is 7.20. The monoisotopic (exact) mass is 482 g/mol. The highest BCUT2D eigenvalue weighted by molar-refractivity contribution is 5.97. The fourth-order valence-electron chi connectivity index (χ4n) is 6.81. The summed E-state index contributed by atoms with van der Waals surface area (Å²) in [5.41, 5.74) is -2.11. The molecule has 1 fully saturated rings. The lowest BCUT2D eigenvalue weighted by Crippen LogP contribution is -2.55. The van der Waals surface area contributed by atoms with Gasteiger partial charge >= 0.3 is 11.9 Å². The van der Waals surface area contributed by atoms with Crippen LogP contribution in [0.1, 0.15) is 52.7 Å². The summed E-state index contributed by atoms with van der Waals surface area (Å²) in [6.45, 7) is 9.23. The maximum atomic E-state index is 13.2. The quantitative estimate of drug-likeness (QED) is 0.514. The van der Waals surface area contributed by atoms with E-state index >= 15 is 0 Å². The summed E-state index contributed by atoms with van der Waals surface area (Å²) in [7, 11) is 1.32. The fraction of sp³-hybridized carbons (Fsp3) is 0.519. The average molecular weight is 483 g/mol. The molecule has 4 aliphatic rings. The van der Waals surface area contributed by atoms with Gasteiger partial charge in [-0.05, 0) is 43.9 Å². The van der Waals surface area contributed by atoms with Gasteiger partial charge < -0.3 is 23.7 Å². The van der Waals surface area contributed by atoms with Gasteiger partial charge in [0.1, 0.15) is 11.9 Å². The molecule has 1 N–H and O–H groups in total. The molecule has 8 heteroatoms. The highest BCUT2D eigenvalue weighted by Gasteiger charge is 2.69. The van der Waals surface area contributed by atoms with Crippen LogP contribution in [0.5, 0.6) is 0 Å². The summed E-state index contributed by atoms with van der Waals surface area (Å²) < 4.78 is 22.5. The summed E-state index contributed by atoms with van der Waals surface area (Å²) in [5, 5.41) is 11.6.